The molecule has 0 unspecified atom stereocenters. The van der Waals surface area contributed by atoms with E-state index in [2.05, 4.69) is 0 Å². The first-order valence-electron chi connectivity index (χ1n) is 6.16. The highest BCUT2D eigenvalue weighted by molar-refractivity contribution is 8.07. The van der Waals surface area contributed by atoms with E-state index >= 15 is 0 Å². The quantitative estimate of drug-likeness (QED) is 0.615. The van der Waals surface area contributed by atoms with Crippen LogP contribution >= 0.6 is 29.9 Å². The first-order chi connectivity index (χ1) is 10.0. The van der Waals surface area contributed by atoms with E-state index < -0.39 is 6.72 Å². The second-order valence-corrected chi connectivity index (χ2v) is 7.69. The molecule has 0 aliphatic carbocycles. The van der Waals surface area contributed by atoms with E-state index in [-0.39, 0.29) is 0 Å². The molecule has 0 bridgehead atoms. The highest BCUT2D eigenvalue weighted by Gasteiger charge is 2.24. The van der Waals surface area contributed by atoms with E-state index in [0.29, 0.717) is 28.2 Å². The Balaban J connectivity index is 2.21. The van der Waals surface area contributed by atoms with Gasteiger partial charge in [-0.15, -0.1) is 0 Å². The third-order valence-electron chi connectivity index (χ3n) is 2.31. The van der Waals surface area contributed by atoms with Crippen molar-refractivity contribution >= 4 is 41.7 Å². The molecule has 3 nitrogen and oxygen atoms in total. The van der Waals surface area contributed by atoms with Gasteiger partial charge in [-0.1, -0.05) is 35.3 Å². The van der Waals surface area contributed by atoms with Gasteiger partial charge in [-0.05, 0) is 43.3 Å². The molecule has 0 aliphatic heterocycles. The largest absolute Gasteiger partial charge is 0.434 e. The first kappa shape index (κ1) is 16.6. The molecule has 0 saturated heterocycles. The van der Waals surface area contributed by atoms with Crippen LogP contribution in [-0.4, -0.2) is 6.61 Å². The SMILES string of the molecule is CCOP(=S)(Oc1cccc(Cl)c1)Oc1cccc(Cl)c1. The maximum absolute atomic E-state index is 5.93. The van der Waals surface area contributed by atoms with Gasteiger partial charge in [0.15, 0.2) is 0 Å². The van der Waals surface area contributed by atoms with Crippen molar-refractivity contribution in [3.8, 4) is 11.5 Å². The summed E-state index contributed by atoms with van der Waals surface area (Å²) in [6, 6.07) is 13.8. The van der Waals surface area contributed by atoms with Crippen molar-refractivity contribution in [2.24, 2.45) is 0 Å². The fourth-order valence-corrected chi connectivity index (χ4v) is 3.93. The van der Waals surface area contributed by atoms with Gasteiger partial charge in [0.05, 0.1) is 6.61 Å². The minimum Gasteiger partial charge on any atom is -0.416 e. The molecule has 2 rings (SSSR count). The zero-order valence-electron chi connectivity index (χ0n) is 11.2. The second-order valence-electron chi connectivity index (χ2n) is 3.96. The molecule has 2 aromatic rings. The Morgan fingerprint density at radius 3 is 1.81 bits per heavy atom. The molecule has 2 aromatic carbocycles. The van der Waals surface area contributed by atoms with Gasteiger partial charge < -0.3 is 9.05 Å². The van der Waals surface area contributed by atoms with E-state index in [9.17, 15) is 0 Å². The van der Waals surface area contributed by atoms with Gasteiger partial charge in [0.1, 0.15) is 11.5 Å². The summed E-state index contributed by atoms with van der Waals surface area (Å²) in [4.78, 5) is 0. The molecule has 0 heterocycles. The number of benzene rings is 2. The van der Waals surface area contributed by atoms with Crippen LogP contribution < -0.4 is 9.05 Å². The molecule has 0 radical (unpaired) electrons. The molecule has 0 fully saturated rings. The normalized spacial score (nSPS) is 11.2. The fraction of sp³-hybridized carbons (Fsp3) is 0.143. The first-order valence-corrected chi connectivity index (χ1v) is 9.47. The topological polar surface area (TPSA) is 27.7 Å². The molecular formula is C14H13Cl2O3PS. The lowest BCUT2D eigenvalue weighted by atomic mass is 10.3. The summed E-state index contributed by atoms with van der Waals surface area (Å²) in [7, 11) is 0. The van der Waals surface area contributed by atoms with Crippen molar-refractivity contribution in [1.29, 1.82) is 0 Å². The van der Waals surface area contributed by atoms with E-state index in [1.807, 2.05) is 6.92 Å². The Labute approximate surface area is 139 Å². The van der Waals surface area contributed by atoms with E-state index in [0.717, 1.165) is 0 Å². The Bertz CT molecular complexity index is 615. The van der Waals surface area contributed by atoms with Crippen molar-refractivity contribution in [1.82, 2.24) is 0 Å². The fourth-order valence-electron chi connectivity index (χ4n) is 1.54. The van der Waals surface area contributed by atoms with Crippen molar-refractivity contribution in [2.45, 2.75) is 6.92 Å². The average Bonchev–Trinajstić information content (AvgIpc) is 2.38. The summed E-state index contributed by atoms with van der Waals surface area (Å²) in [6.45, 7) is -0.790. The van der Waals surface area contributed by atoms with Gasteiger partial charge in [-0.25, -0.2) is 0 Å². The summed E-state index contributed by atoms with van der Waals surface area (Å²) < 4.78 is 17.0. The highest BCUT2D eigenvalue weighted by atomic mass is 35.5. The highest BCUT2D eigenvalue weighted by Crippen LogP contribution is 2.50. The summed E-state index contributed by atoms with van der Waals surface area (Å²) in [5.41, 5.74) is 0. The Kier molecular flexibility index (Phi) is 5.91. The molecule has 7 heteroatoms. The molecular weight excluding hydrogens is 350 g/mol. The van der Waals surface area contributed by atoms with Crippen LogP contribution in [0.25, 0.3) is 0 Å². The van der Waals surface area contributed by atoms with Crippen LogP contribution in [0.5, 0.6) is 11.5 Å². The Hall–Kier alpha value is -0.770. The predicted molar refractivity (Wildman–Crippen MR) is 90.1 cm³/mol. The van der Waals surface area contributed by atoms with Crippen molar-refractivity contribution in [2.75, 3.05) is 6.61 Å². The average molecular weight is 363 g/mol. The predicted octanol–water partition coefficient (Wildman–Crippen LogP) is 5.71. The third kappa shape index (κ3) is 5.17. The maximum atomic E-state index is 5.93. The molecule has 0 amide bonds. The maximum Gasteiger partial charge on any atom is 0.434 e. The lowest BCUT2D eigenvalue weighted by Crippen LogP contribution is -2.04. The van der Waals surface area contributed by atoms with Crippen LogP contribution in [0, 0.1) is 0 Å². The van der Waals surface area contributed by atoms with E-state index in [1.165, 1.54) is 0 Å². The van der Waals surface area contributed by atoms with E-state index in [1.54, 1.807) is 48.5 Å². The number of hydrogen-bond acceptors (Lipinski definition) is 4. The van der Waals surface area contributed by atoms with Gasteiger partial charge in [-0.3, -0.25) is 4.52 Å². The van der Waals surface area contributed by atoms with Crippen LogP contribution in [0.4, 0.5) is 0 Å². The minimum atomic E-state index is -2.99. The van der Waals surface area contributed by atoms with Gasteiger partial charge in [0.25, 0.3) is 0 Å². The van der Waals surface area contributed by atoms with Crippen molar-refractivity contribution in [3.63, 3.8) is 0 Å². The van der Waals surface area contributed by atoms with Crippen molar-refractivity contribution in [3.05, 3.63) is 58.6 Å². The molecule has 0 aromatic heterocycles. The number of hydrogen-bond donors (Lipinski definition) is 0. The smallest absolute Gasteiger partial charge is 0.416 e. The molecule has 0 N–H and O–H groups in total. The minimum absolute atomic E-state index is 0.373. The summed E-state index contributed by atoms with van der Waals surface area (Å²) >= 11 is 17.3. The summed E-state index contributed by atoms with van der Waals surface area (Å²) in [6.07, 6.45) is 0. The molecule has 0 saturated carbocycles. The Morgan fingerprint density at radius 1 is 0.952 bits per heavy atom. The molecule has 0 atom stereocenters. The zero-order chi connectivity index (χ0) is 15.3. The zero-order valence-corrected chi connectivity index (χ0v) is 14.4. The van der Waals surface area contributed by atoms with Gasteiger partial charge in [0.2, 0.25) is 0 Å². The molecule has 21 heavy (non-hydrogen) atoms. The molecule has 0 spiro atoms. The molecule has 0 aliphatic rings. The van der Waals surface area contributed by atoms with Gasteiger partial charge >= 0.3 is 6.72 Å². The third-order valence-corrected chi connectivity index (χ3v) is 4.99. The number of rotatable bonds is 6. The van der Waals surface area contributed by atoms with Crippen molar-refractivity contribution < 1.29 is 13.6 Å². The second kappa shape index (κ2) is 7.48. The van der Waals surface area contributed by atoms with E-state index in [4.69, 9.17) is 48.6 Å². The van der Waals surface area contributed by atoms with Crippen LogP contribution in [0.2, 0.25) is 10.0 Å². The lowest BCUT2D eigenvalue weighted by Gasteiger charge is -2.22. The van der Waals surface area contributed by atoms with Crippen LogP contribution in [-0.2, 0) is 16.3 Å². The van der Waals surface area contributed by atoms with Gasteiger partial charge in [0, 0.05) is 21.9 Å². The van der Waals surface area contributed by atoms with Crippen LogP contribution in [0.1, 0.15) is 6.92 Å². The monoisotopic (exact) mass is 362 g/mol. The Morgan fingerprint density at radius 2 is 1.43 bits per heavy atom. The standard InChI is InChI=1S/C14H13Cl2O3PS/c1-2-17-20(21,18-13-7-3-5-11(15)9-13)19-14-8-4-6-12(16)10-14/h3-10H,2H2,1H3. The van der Waals surface area contributed by atoms with Crippen LogP contribution in [0.15, 0.2) is 48.5 Å². The van der Waals surface area contributed by atoms with Gasteiger partial charge in [-0.2, -0.15) is 0 Å². The molecule has 112 valence electrons. The lowest BCUT2D eigenvalue weighted by molar-refractivity contribution is 0.276. The summed E-state index contributed by atoms with van der Waals surface area (Å²) in [5.74, 6) is 1.00. The van der Waals surface area contributed by atoms with Crippen LogP contribution in [0.3, 0.4) is 0 Å². The summed E-state index contributed by atoms with van der Waals surface area (Å²) in [5, 5.41) is 1.10. The number of halogens is 2.